The third kappa shape index (κ3) is 4.76. The number of hydrogen-bond donors (Lipinski definition) is 3. The fraction of sp³-hybridized carbons (Fsp3) is 0.435. The van der Waals surface area contributed by atoms with Gasteiger partial charge in [0.15, 0.2) is 6.54 Å². The van der Waals surface area contributed by atoms with Gasteiger partial charge >= 0.3 is 0 Å². The van der Waals surface area contributed by atoms with Gasteiger partial charge in [-0.15, -0.1) is 0 Å². The molecule has 0 unspecified atom stereocenters. The van der Waals surface area contributed by atoms with Gasteiger partial charge in [-0.1, -0.05) is 54.6 Å². The zero-order valence-corrected chi connectivity index (χ0v) is 16.0. The minimum Gasteiger partial charge on any atom is -0.344 e. The Hall–Kier alpha value is -2.17. The first-order chi connectivity index (χ1) is 13.3. The molecule has 0 bridgehead atoms. The maximum absolute atomic E-state index is 12.6. The molecular weight excluding hydrogens is 334 g/mol. The van der Waals surface area contributed by atoms with Gasteiger partial charge < -0.3 is 15.1 Å². The van der Waals surface area contributed by atoms with Crippen molar-refractivity contribution in [3.8, 4) is 0 Å². The second kappa shape index (κ2) is 8.68. The first kappa shape index (κ1) is 18.2. The highest BCUT2D eigenvalue weighted by Crippen LogP contribution is 2.29. The SMILES string of the molecule is O=C(C[NH+]1CC[NH+](Cc2ccccc2)CC1)N[C@H]1CCCc2ccccc21. The second-order valence-corrected chi connectivity index (χ2v) is 8.05. The highest BCUT2D eigenvalue weighted by Gasteiger charge is 2.27. The molecule has 1 fully saturated rings. The zero-order chi connectivity index (χ0) is 18.5. The van der Waals surface area contributed by atoms with E-state index in [-0.39, 0.29) is 11.9 Å². The Labute approximate surface area is 162 Å². The van der Waals surface area contributed by atoms with E-state index in [0.717, 1.165) is 52.0 Å². The summed E-state index contributed by atoms with van der Waals surface area (Å²) in [6.45, 7) is 6.15. The summed E-state index contributed by atoms with van der Waals surface area (Å²) in [5.41, 5.74) is 4.13. The maximum atomic E-state index is 12.6. The summed E-state index contributed by atoms with van der Waals surface area (Å²) >= 11 is 0. The standard InChI is InChI=1S/C23H29N3O/c27-23(24-22-12-6-10-20-9-4-5-11-21(20)22)18-26-15-13-25(14-16-26)17-19-7-2-1-3-8-19/h1-5,7-9,11,22H,6,10,12-18H2,(H,24,27)/p+2/t22-/m0/s1. The molecule has 4 heteroatoms. The lowest BCUT2D eigenvalue weighted by Gasteiger charge is -2.30. The molecule has 2 aromatic carbocycles. The van der Waals surface area contributed by atoms with E-state index in [1.165, 1.54) is 21.6 Å². The fourth-order valence-corrected chi connectivity index (χ4v) is 4.57. The molecule has 4 nitrogen and oxygen atoms in total. The average Bonchev–Trinajstić information content (AvgIpc) is 2.71. The predicted molar refractivity (Wildman–Crippen MR) is 107 cm³/mol. The quantitative estimate of drug-likeness (QED) is 0.694. The molecule has 0 saturated carbocycles. The molecule has 4 rings (SSSR count). The number of hydrogen-bond acceptors (Lipinski definition) is 1. The first-order valence-corrected chi connectivity index (χ1v) is 10.4. The number of piperazine rings is 1. The average molecular weight is 366 g/mol. The van der Waals surface area contributed by atoms with Crippen LogP contribution in [0, 0.1) is 0 Å². The van der Waals surface area contributed by atoms with E-state index in [1.807, 2.05) is 0 Å². The first-order valence-electron chi connectivity index (χ1n) is 10.4. The van der Waals surface area contributed by atoms with E-state index in [2.05, 4.69) is 59.9 Å². The molecule has 2 aliphatic rings. The van der Waals surface area contributed by atoms with Crippen molar-refractivity contribution < 1.29 is 14.6 Å². The summed E-state index contributed by atoms with van der Waals surface area (Å²) in [5, 5.41) is 3.31. The summed E-state index contributed by atoms with van der Waals surface area (Å²) in [6.07, 6.45) is 3.36. The van der Waals surface area contributed by atoms with E-state index in [0.29, 0.717) is 6.54 Å². The molecule has 1 amide bonds. The van der Waals surface area contributed by atoms with Crippen LogP contribution in [0.4, 0.5) is 0 Å². The highest BCUT2D eigenvalue weighted by atomic mass is 16.2. The molecule has 142 valence electrons. The maximum Gasteiger partial charge on any atom is 0.275 e. The molecule has 1 heterocycles. The van der Waals surface area contributed by atoms with Crippen LogP contribution in [0.3, 0.4) is 0 Å². The van der Waals surface area contributed by atoms with E-state index in [9.17, 15) is 4.79 Å². The van der Waals surface area contributed by atoms with Gasteiger partial charge in [-0.25, -0.2) is 0 Å². The molecule has 0 aromatic heterocycles. The molecule has 0 spiro atoms. The summed E-state index contributed by atoms with van der Waals surface area (Å²) < 4.78 is 0. The largest absolute Gasteiger partial charge is 0.344 e. The number of benzene rings is 2. The van der Waals surface area contributed by atoms with Crippen LogP contribution in [-0.4, -0.2) is 38.6 Å². The number of amides is 1. The molecule has 2 aromatic rings. The van der Waals surface area contributed by atoms with Crippen molar-refractivity contribution in [2.75, 3.05) is 32.7 Å². The van der Waals surface area contributed by atoms with Gasteiger partial charge in [-0.2, -0.15) is 0 Å². The molecule has 27 heavy (non-hydrogen) atoms. The molecular formula is C23H31N3O+2. The third-order valence-electron chi connectivity index (χ3n) is 6.08. The molecule has 0 radical (unpaired) electrons. The zero-order valence-electron chi connectivity index (χ0n) is 16.0. The van der Waals surface area contributed by atoms with Crippen molar-refractivity contribution in [3.63, 3.8) is 0 Å². The Balaban J connectivity index is 1.24. The fourth-order valence-electron chi connectivity index (χ4n) is 4.57. The van der Waals surface area contributed by atoms with Crippen LogP contribution in [0.25, 0.3) is 0 Å². The smallest absolute Gasteiger partial charge is 0.275 e. The normalized spacial score (nSPS) is 24.8. The number of carbonyl (C=O) groups is 1. The van der Waals surface area contributed by atoms with Gasteiger partial charge in [-0.05, 0) is 30.4 Å². The van der Waals surface area contributed by atoms with Crippen molar-refractivity contribution in [2.45, 2.75) is 31.8 Å². The topological polar surface area (TPSA) is 38.0 Å². The number of carbonyl (C=O) groups excluding carboxylic acids is 1. The van der Waals surface area contributed by atoms with Crippen LogP contribution in [0.1, 0.15) is 35.6 Å². The predicted octanol–water partition coefficient (Wildman–Crippen LogP) is 0.164. The number of nitrogens with one attached hydrogen (secondary N) is 3. The van der Waals surface area contributed by atoms with Crippen LogP contribution in [-0.2, 0) is 17.8 Å². The summed E-state index contributed by atoms with van der Waals surface area (Å²) in [7, 11) is 0. The summed E-state index contributed by atoms with van der Waals surface area (Å²) in [6, 6.07) is 19.5. The number of aryl methyl sites for hydroxylation is 1. The third-order valence-corrected chi connectivity index (χ3v) is 6.08. The summed E-state index contributed by atoms with van der Waals surface area (Å²) in [5.74, 6) is 0.207. The van der Waals surface area contributed by atoms with Crippen molar-refractivity contribution >= 4 is 5.91 Å². The van der Waals surface area contributed by atoms with E-state index < -0.39 is 0 Å². The van der Waals surface area contributed by atoms with Gasteiger partial charge in [0.05, 0.1) is 6.04 Å². The Kier molecular flexibility index (Phi) is 5.85. The monoisotopic (exact) mass is 365 g/mol. The van der Waals surface area contributed by atoms with E-state index in [4.69, 9.17) is 0 Å². The van der Waals surface area contributed by atoms with Gasteiger partial charge in [0.2, 0.25) is 0 Å². The van der Waals surface area contributed by atoms with Crippen molar-refractivity contribution in [1.29, 1.82) is 0 Å². The van der Waals surface area contributed by atoms with E-state index >= 15 is 0 Å². The lowest BCUT2D eigenvalue weighted by molar-refractivity contribution is -1.02. The molecule has 3 N–H and O–H groups in total. The number of rotatable bonds is 5. The molecule has 1 aliphatic heterocycles. The minimum absolute atomic E-state index is 0.201. The lowest BCUT2D eigenvalue weighted by atomic mass is 9.88. The molecule has 1 aliphatic carbocycles. The van der Waals surface area contributed by atoms with Crippen LogP contribution >= 0.6 is 0 Å². The highest BCUT2D eigenvalue weighted by molar-refractivity contribution is 5.77. The van der Waals surface area contributed by atoms with Gasteiger partial charge in [0.25, 0.3) is 5.91 Å². The van der Waals surface area contributed by atoms with Crippen molar-refractivity contribution in [2.24, 2.45) is 0 Å². The Morgan fingerprint density at radius 1 is 0.926 bits per heavy atom. The minimum atomic E-state index is 0.201. The number of quaternary nitrogens is 2. The Bertz CT molecular complexity index is 753. The van der Waals surface area contributed by atoms with Gasteiger partial charge in [0, 0.05) is 5.56 Å². The van der Waals surface area contributed by atoms with Gasteiger partial charge in [0.1, 0.15) is 32.7 Å². The van der Waals surface area contributed by atoms with Crippen LogP contribution < -0.4 is 15.1 Å². The van der Waals surface area contributed by atoms with E-state index in [1.54, 1.807) is 4.90 Å². The summed E-state index contributed by atoms with van der Waals surface area (Å²) in [4.78, 5) is 15.7. The van der Waals surface area contributed by atoms with Crippen molar-refractivity contribution in [3.05, 3.63) is 71.3 Å². The van der Waals surface area contributed by atoms with Crippen LogP contribution in [0.5, 0.6) is 0 Å². The van der Waals surface area contributed by atoms with Crippen molar-refractivity contribution in [1.82, 2.24) is 5.32 Å². The van der Waals surface area contributed by atoms with Crippen LogP contribution in [0.15, 0.2) is 54.6 Å². The van der Waals surface area contributed by atoms with Crippen LogP contribution in [0.2, 0.25) is 0 Å². The molecule has 1 atom stereocenters. The lowest BCUT2D eigenvalue weighted by Crippen LogP contribution is -3.28. The van der Waals surface area contributed by atoms with Gasteiger partial charge in [-0.3, -0.25) is 4.79 Å². The molecule has 1 saturated heterocycles. The Morgan fingerprint density at radius 2 is 1.63 bits per heavy atom. The second-order valence-electron chi connectivity index (χ2n) is 8.05. The Morgan fingerprint density at radius 3 is 2.44 bits per heavy atom. The number of fused-ring (bicyclic) bond motifs is 1.